The molecule has 0 radical (unpaired) electrons. The Labute approximate surface area is 165 Å². The number of benzene rings is 2. The first-order valence-corrected chi connectivity index (χ1v) is 10.7. The van der Waals surface area contributed by atoms with Gasteiger partial charge in [-0.05, 0) is 54.9 Å². The van der Waals surface area contributed by atoms with Gasteiger partial charge in [0.25, 0.3) is 0 Å². The van der Waals surface area contributed by atoms with E-state index in [9.17, 15) is 8.42 Å². The van der Waals surface area contributed by atoms with Gasteiger partial charge in [0.2, 0.25) is 10.0 Å². The molecule has 1 saturated heterocycles. The number of hydrogen-bond donors (Lipinski definition) is 2. The molecule has 0 atom stereocenters. The number of sulfonamides is 1. The Balaban J connectivity index is 1.57. The summed E-state index contributed by atoms with van der Waals surface area (Å²) in [5, 5.41) is 7.39. The Bertz CT molecular complexity index is 891. The molecule has 142 valence electrons. The van der Waals surface area contributed by atoms with Gasteiger partial charge in [0, 0.05) is 18.8 Å². The summed E-state index contributed by atoms with van der Waals surface area (Å²) in [7, 11) is -3.42. The zero-order valence-corrected chi connectivity index (χ0v) is 16.5. The van der Waals surface area contributed by atoms with Crippen molar-refractivity contribution < 1.29 is 8.42 Å². The Morgan fingerprint density at radius 3 is 2.33 bits per heavy atom. The van der Waals surface area contributed by atoms with E-state index in [2.05, 4.69) is 15.8 Å². The molecule has 0 bridgehead atoms. The zero-order chi connectivity index (χ0) is 19.1. The van der Waals surface area contributed by atoms with Crippen molar-refractivity contribution in [2.45, 2.75) is 24.2 Å². The van der Waals surface area contributed by atoms with Gasteiger partial charge < -0.3 is 5.32 Å². The minimum Gasteiger partial charge on any atom is -0.331 e. The highest BCUT2D eigenvalue weighted by molar-refractivity contribution is 7.89. The largest absolute Gasteiger partial charge is 0.331 e. The normalized spacial score (nSPS) is 15.6. The van der Waals surface area contributed by atoms with Crippen molar-refractivity contribution >= 4 is 39.3 Å². The van der Waals surface area contributed by atoms with Gasteiger partial charge in [-0.2, -0.15) is 9.41 Å². The average Bonchev–Trinajstić information content (AvgIpc) is 2.70. The van der Waals surface area contributed by atoms with E-state index in [1.165, 1.54) is 0 Å². The second-order valence-electron chi connectivity index (χ2n) is 6.22. The van der Waals surface area contributed by atoms with Crippen LogP contribution in [0.1, 0.15) is 24.8 Å². The molecular formula is C19H22N4O2S2. The highest BCUT2D eigenvalue weighted by Crippen LogP contribution is 2.21. The quantitative estimate of drug-likeness (QED) is 0.456. The van der Waals surface area contributed by atoms with E-state index in [-0.39, 0.29) is 0 Å². The summed E-state index contributed by atoms with van der Waals surface area (Å²) in [5.41, 5.74) is 4.39. The van der Waals surface area contributed by atoms with Gasteiger partial charge in [0.1, 0.15) is 0 Å². The highest BCUT2D eigenvalue weighted by Gasteiger charge is 2.25. The van der Waals surface area contributed by atoms with Crippen LogP contribution >= 0.6 is 12.2 Å². The number of rotatable bonds is 5. The number of hydrogen-bond acceptors (Lipinski definition) is 4. The lowest BCUT2D eigenvalue weighted by atomic mass is 10.2. The minimum atomic E-state index is -3.42. The van der Waals surface area contributed by atoms with E-state index in [0.717, 1.165) is 24.8 Å². The van der Waals surface area contributed by atoms with E-state index in [1.54, 1.807) is 34.8 Å². The lowest BCUT2D eigenvalue weighted by Gasteiger charge is -2.25. The third-order valence-electron chi connectivity index (χ3n) is 4.24. The molecule has 1 heterocycles. The maximum Gasteiger partial charge on any atom is 0.243 e. The van der Waals surface area contributed by atoms with Crippen LogP contribution < -0.4 is 10.7 Å². The monoisotopic (exact) mass is 402 g/mol. The number of piperidine rings is 1. The molecule has 27 heavy (non-hydrogen) atoms. The van der Waals surface area contributed by atoms with Gasteiger partial charge in [-0.25, -0.2) is 8.42 Å². The number of anilines is 1. The molecule has 2 aromatic carbocycles. The van der Waals surface area contributed by atoms with Crippen molar-refractivity contribution in [3.63, 3.8) is 0 Å². The molecular weight excluding hydrogens is 380 g/mol. The van der Waals surface area contributed by atoms with Crippen molar-refractivity contribution in [2.75, 3.05) is 18.4 Å². The molecule has 0 saturated carbocycles. The van der Waals surface area contributed by atoms with Crippen LogP contribution in [0.15, 0.2) is 64.6 Å². The maximum absolute atomic E-state index is 12.6. The molecule has 0 aliphatic carbocycles. The fourth-order valence-corrected chi connectivity index (χ4v) is 4.52. The van der Waals surface area contributed by atoms with E-state index in [4.69, 9.17) is 12.2 Å². The van der Waals surface area contributed by atoms with Gasteiger partial charge in [-0.3, -0.25) is 5.43 Å². The molecule has 6 nitrogen and oxygen atoms in total. The van der Waals surface area contributed by atoms with Crippen LogP contribution in [0.4, 0.5) is 5.69 Å². The molecule has 0 unspecified atom stereocenters. The van der Waals surface area contributed by atoms with Crippen LogP contribution in [0.25, 0.3) is 0 Å². The molecule has 1 fully saturated rings. The number of nitrogens with zero attached hydrogens (tertiary/aromatic N) is 2. The van der Waals surface area contributed by atoms with Crippen LogP contribution in [-0.4, -0.2) is 37.1 Å². The van der Waals surface area contributed by atoms with E-state index < -0.39 is 10.0 Å². The molecule has 3 rings (SSSR count). The molecule has 8 heteroatoms. The third-order valence-corrected chi connectivity index (χ3v) is 6.35. The van der Waals surface area contributed by atoms with Crippen molar-refractivity contribution in [3.8, 4) is 0 Å². The van der Waals surface area contributed by atoms with Crippen molar-refractivity contribution in [2.24, 2.45) is 5.10 Å². The third kappa shape index (κ3) is 5.35. The lowest BCUT2D eigenvalue weighted by Crippen LogP contribution is -2.35. The Morgan fingerprint density at radius 2 is 1.67 bits per heavy atom. The predicted molar refractivity (Wildman–Crippen MR) is 112 cm³/mol. The summed E-state index contributed by atoms with van der Waals surface area (Å²) >= 11 is 5.20. The fourth-order valence-electron chi connectivity index (χ4n) is 2.83. The van der Waals surface area contributed by atoms with Crippen LogP contribution in [0.3, 0.4) is 0 Å². The first-order valence-electron chi connectivity index (χ1n) is 8.81. The van der Waals surface area contributed by atoms with Crippen molar-refractivity contribution in [1.82, 2.24) is 9.73 Å². The van der Waals surface area contributed by atoms with Gasteiger partial charge in [0.15, 0.2) is 5.11 Å². The fraction of sp³-hybridized carbons (Fsp3) is 0.263. The molecule has 0 aromatic heterocycles. The highest BCUT2D eigenvalue weighted by atomic mass is 32.2. The van der Waals surface area contributed by atoms with Crippen LogP contribution in [0, 0.1) is 0 Å². The second-order valence-corrected chi connectivity index (χ2v) is 8.57. The summed E-state index contributed by atoms with van der Waals surface area (Å²) < 4.78 is 26.8. The number of thiocarbonyl (C=S) groups is 1. The molecule has 0 spiro atoms. The Hall–Kier alpha value is -2.29. The summed E-state index contributed by atoms with van der Waals surface area (Å²) in [6.45, 7) is 1.19. The second kappa shape index (κ2) is 9.07. The van der Waals surface area contributed by atoms with Crippen LogP contribution in [0.2, 0.25) is 0 Å². The van der Waals surface area contributed by atoms with Crippen LogP contribution in [0.5, 0.6) is 0 Å². The summed E-state index contributed by atoms with van der Waals surface area (Å²) in [6, 6.07) is 16.3. The Kier molecular flexibility index (Phi) is 6.54. The molecule has 0 amide bonds. The maximum atomic E-state index is 12.6. The summed E-state index contributed by atoms with van der Waals surface area (Å²) in [5.74, 6) is 0. The van der Waals surface area contributed by atoms with Gasteiger partial charge in [-0.15, -0.1) is 0 Å². The lowest BCUT2D eigenvalue weighted by molar-refractivity contribution is 0.346. The topological polar surface area (TPSA) is 73.8 Å². The van der Waals surface area contributed by atoms with Crippen LogP contribution in [-0.2, 0) is 10.0 Å². The SMILES string of the molecule is O=S(=O)(c1ccc(NC(=S)NN=Cc2ccccc2)cc1)N1CCCCC1. The van der Waals surface area contributed by atoms with E-state index >= 15 is 0 Å². The van der Waals surface area contributed by atoms with Gasteiger partial charge in [0.05, 0.1) is 11.1 Å². The molecule has 2 N–H and O–H groups in total. The zero-order valence-electron chi connectivity index (χ0n) is 14.8. The minimum absolute atomic E-state index is 0.302. The Morgan fingerprint density at radius 1 is 1.00 bits per heavy atom. The first-order chi connectivity index (χ1) is 13.1. The van der Waals surface area contributed by atoms with Crippen molar-refractivity contribution in [1.29, 1.82) is 0 Å². The average molecular weight is 403 g/mol. The van der Waals surface area contributed by atoms with Crippen molar-refractivity contribution in [3.05, 3.63) is 60.2 Å². The molecule has 1 aliphatic heterocycles. The molecule has 2 aromatic rings. The summed E-state index contributed by atoms with van der Waals surface area (Å²) in [6.07, 6.45) is 4.60. The standard InChI is InChI=1S/C19H22N4O2S2/c24-27(25,23-13-5-2-6-14-23)18-11-9-17(10-12-18)21-19(26)22-20-15-16-7-3-1-4-8-16/h1,3-4,7-12,15H,2,5-6,13-14H2,(H2,21,22,26). The van der Waals surface area contributed by atoms with Gasteiger partial charge in [-0.1, -0.05) is 36.8 Å². The molecule has 1 aliphatic rings. The van der Waals surface area contributed by atoms with E-state index in [0.29, 0.717) is 28.8 Å². The number of nitrogens with one attached hydrogen (secondary N) is 2. The predicted octanol–water partition coefficient (Wildman–Crippen LogP) is 3.18. The van der Waals surface area contributed by atoms with E-state index in [1.807, 2.05) is 30.3 Å². The smallest absolute Gasteiger partial charge is 0.243 e. The summed E-state index contributed by atoms with van der Waals surface area (Å²) in [4.78, 5) is 0.302. The van der Waals surface area contributed by atoms with Gasteiger partial charge >= 0.3 is 0 Å². The number of hydrazone groups is 1. The first kappa shape index (κ1) is 19.5.